The van der Waals surface area contributed by atoms with Crippen LogP contribution in [-0.2, 0) is 0 Å². The van der Waals surface area contributed by atoms with Gasteiger partial charge in [-0.1, -0.05) is 12.1 Å². The van der Waals surface area contributed by atoms with E-state index in [0.29, 0.717) is 5.92 Å². The zero-order chi connectivity index (χ0) is 15.8. The minimum absolute atomic E-state index is 0.152. The molecular formula is C18H18N2O2S. The van der Waals surface area contributed by atoms with Crippen molar-refractivity contribution < 1.29 is 9.21 Å². The molecule has 0 unspecified atom stereocenters. The van der Waals surface area contributed by atoms with E-state index < -0.39 is 0 Å². The molecule has 1 aliphatic heterocycles. The Balaban J connectivity index is 1.45. The van der Waals surface area contributed by atoms with Crippen LogP contribution in [0.3, 0.4) is 0 Å². The van der Waals surface area contributed by atoms with Crippen LogP contribution >= 0.6 is 11.3 Å². The Hall–Kier alpha value is -2.14. The molecule has 5 heteroatoms. The van der Waals surface area contributed by atoms with Crippen molar-refractivity contribution in [2.24, 2.45) is 0 Å². The second kappa shape index (κ2) is 5.81. The van der Waals surface area contributed by atoms with Gasteiger partial charge in [0.05, 0.1) is 4.88 Å². The van der Waals surface area contributed by atoms with Gasteiger partial charge in [0.1, 0.15) is 5.52 Å². The number of likely N-dealkylation sites (tertiary alicyclic amines) is 1. The van der Waals surface area contributed by atoms with Crippen molar-refractivity contribution in [2.75, 3.05) is 13.1 Å². The van der Waals surface area contributed by atoms with Gasteiger partial charge >= 0.3 is 0 Å². The number of hydrogen-bond donors (Lipinski definition) is 0. The SMILES string of the molecule is Cc1ccc(C(=O)N2CCC(c3nc4ccccc4o3)CC2)s1. The number of carbonyl (C=O) groups excluding carboxylic acids is 1. The van der Waals surface area contributed by atoms with E-state index in [1.165, 1.54) is 4.88 Å². The second-order valence-corrected chi connectivity index (χ2v) is 7.28. The fourth-order valence-corrected chi connectivity index (χ4v) is 3.93. The highest BCUT2D eigenvalue weighted by Crippen LogP contribution is 2.30. The second-order valence-electron chi connectivity index (χ2n) is 6.00. The number of benzene rings is 1. The van der Waals surface area contributed by atoms with Crippen LogP contribution in [-0.4, -0.2) is 28.9 Å². The van der Waals surface area contributed by atoms with Crippen molar-refractivity contribution in [1.82, 2.24) is 9.88 Å². The highest BCUT2D eigenvalue weighted by molar-refractivity contribution is 7.13. The molecule has 0 radical (unpaired) electrons. The minimum atomic E-state index is 0.152. The van der Waals surface area contributed by atoms with Gasteiger partial charge in [-0.3, -0.25) is 4.79 Å². The van der Waals surface area contributed by atoms with Gasteiger partial charge in [-0.15, -0.1) is 11.3 Å². The molecule has 3 aromatic rings. The molecule has 0 N–H and O–H groups in total. The van der Waals surface area contributed by atoms with Crippen LogP contribution in [0, 0.1) is 6.92 Å². The summed E-state index contributed by atoms with van der Waals surface area (Å²) in [4.78, 5) is 21.1. The normalized spacial score (nSPS) is 16.1. The molecule has 0 spiro atoms. The van der Waals surface area contributed by atoms with Crippen LogP contribution < -0.4 is 0 Å². The number of aryl methyl sites for hydroxylation is 1. The highest BCUT2D eigenvalue weighted by atomic mass is 32.1. The van der Waals surface area contributed by atoms with Crippen LogP contribution in [0.15, 0.2) is 40.8 Å². The average molecular weight is 326 g/mol. The largest absolute Gasteiger partial charge is 0.440 e. The first-order valence-corrected chi connectivity index (χ1v) is 8.73. The number of thiophene rings is 1. The van der Waals surface area contributed by atoms with Crippen molar-refractivity contribution >= 4 is 28.3 Å². The van der Waals surface area contributed by atoms with Gasteiger partial charge < -0.3 is 9.32 Å². The Morgan fingerprint density at radius 1 is 1.22 bits per heavy atom. The number of rotatable bonds is 2. The lowest BCUT2D eigenvalue weighted by molar-refractivity contribution is 0.0711. The molecule has 2 aromatic heterocycles. The van der Waals surface area contributed by atoms with Gasteiger partial charge in [0.25, 0.3) is 5.91 Å². The van der Waals surface area contributed by atoms with E-state index in [9.17, 15) is 4.79 Å². The summed E-state index contributed by atoms with van der Waals surface area (Å²) in [5.74, 6) is 1.26. The fraction of sp³-hybridized carbons (Fsp3) is 0.333. The summed E-state index contributed by atoms with van der Waals surface area (Å²) in [5, 5.41) is 0. The van der Waals surface area contributed by atoms with Crippen LogP contribution in [0.4, 0.5) is 0 Å². The summed E-state index contributed by atoms with van der Waals surface area (Å²) in [6, 6.07) is 11.8. The maximum Gasteiger partial charge on any atom is 0.263 e. The standard InChI is InChI=1S/C18H18N2O2S/c1-12-6-7-16(23-12)18(21)20-10-8-13(9-11-20)17-19-14-4-2-3-5-15(14)22-17/h2-7,13H,8-11H2,1H3. The Kier molecular flexibility index (Phi) is 3.65. The maximum atomic E-state index is 12.5. The summed E-state index contributed by atoms with van der Waals surface area (Å²) < 4.78 is 5.88. The number of carbonyl (C=O) groups is 1. The number of aromatic nitrogens is 1. The molecule has 1 saturated heterocycles. The minimum Gasteiger partial charge on any atom is -0.440 e. The van der Waals surface area contributed by atoms with E-state index in [-0.39, 0.29) is 5.91 Å². The summed E-state index contributed by atoms with van der Waals surface area (Å²) in [6.07, 6.45) is 1.81. The van der Waals surface area contributed by atoms with Gasteiger partial charge in [-0.05, 0) is 44.0 Å². The molecule has 0 atom stereocenters. The van der Waals surface area contributed by atoms with Crippen LogP contribution in [0.25, 0.3) is 11.1 Å². The summed E-state index contributed by atoms with van der Waals surface area (Å²) in [5.41, 5.74) is 1.75. The Morgan fingerprint density at radius 2 is 2.00 bits per heavy atom. The summed E-state index contributed by atoms with van der Waals surface area (Å²) in [7, 11) is 0. The lowest BCUT2D eigenvalue weighted by Gasteiger charge is -2.30. The number of piperidine rings is 1. The Labute approximate surface area is 138 Å². The number of hydrogen-bond acceptors (Lipinski definition) is 4. The van der Waals surface area contributed by atoms with Crippen molar-refractivity contribution in [3.63, 3.8) is 0 Å². The predicted octanol–water partition coefficient (Wildman–Crippen LogP) is 4.22. The predicted molar refractivity (Wildman–Crippen MR) is 90.9 cm³/mol. The monoisotopic (exact) mass is 326 g/mol. The lowest BCUT2D eigenvalue weighted by Crippen LogP contribution is -2.37. The van der Waals surface area contributed by atoms with Gasteiger partial charge in [0.15, 0.2) is 11.5 Å². The quantitative estimate of drug-likeness (QED) is 0.708. The molecule has 118 valence electrons. The molecule has 23 heavy (non-hydrogen) atoms. The number of oxazole rings is 1. The van der Waals surface area contributed by atoms with Crippen LogP contribution in [0.5, 0.6) is 0 Å². The smallest absolute Gasteiger partial charge is 0.263 e. The molecular weight excluding hydrogens is 308 g/mol. The maximum absolute atomic E-state index is 12.5. The number of nitrogens with zero attached hydrogens (tertiary/aromatic N) is 2. The molecule has 0 aliphatic carbocycles. The first-order chi connectivity index (χ1) is 11.2. The highest BCUT2D eigenvalue weighted by Gasteiger charge is 2.27. The average Bonchev–Trinajstić information content (AvgIpc) is 3.20. The third-order valence-corrected chi connectivity index (χ3v) is 5.38. The van der Waals surface area contributed by atoms with E-state index in [0.717, 1.165) is 47.8 Å². The molecule has 4 nitrogen and oxygen atoms in total. The van der Waals surface area contributed by atoms with Crippen molar-refractivity contribution in [3.05, 3.63) is 52.0 Å². The van der Waals surface area contributed by atoms with Gasteiger partial charge in [0.2, 0.25) is 0 Å². The zero-order valence-corrected chi connectivity index (χ0v) is 13.8. The molecule has 1 amide bonds. The first kappa shape index (κ1) is 14.5. The van der Waals surface area contributed by atoms with Gasteiger partial charge in [-0.25, -0.2) is 4.98 Å². The number of amides is 1. The molecule has 1 aromatic carbocycles. The number of para-hydroxylation sites is 2. The van der Waals surface area contributed by atoms with Crippen LogP contribution in [0.2, 0.25) is 0 Å². The molecule has 4 rings (SSSR count). The van der Waals surface area contributed by atoms with E-state index in [1.54, 1.807) is 11.3 Å². The van der Waals surface area contributed by atoms with Crippen molar-refractivity contribution in [1.29, 1.82) is 0 Å². The topological polar surface area (TPSA) is 46.3 Å². The van der Waals surface area contributed by atoms with E-state index >= 15 is 0 Å². The van der Waals surface area contributed by atoms with Crippen molar-refractivity contribution in [2.45, 2.75) is 25.7 Å². The number of fused-ring (bicyclic) bond motifs is 1. The zero-order valence-electron chi connectivity index (χ0n) is 13.0. The third kappa shape index (κ3) is 2.77. The molecule has 3 heterocycles. The third-order valence-electron chi connectivity index (χ3n) is 4.39. The summed E-state index contributed by atoms with van der Waals surface area (Å²) >= 11 is 1.57. The van der Waals surface area contributed by atoms with E-state index in [4.69, 9.17) is 4.42 Å². The fourth-order valence-electron chi connectivity index (χ4n) is 3.10. The molecule has 1 aliphatic rings. The Morgan fingerprint density at radius 3 is 2.70 bits per heavy atom. The van der Waals surface area contributed by atoms with Gasteiger partial charge in [0, 0.05) is 23.9 Å². The first-order valence-electron chi connectivity index (χ1n) is 7.92. The van der Waals surface area contributed by atoms with Crippen molar-refractivity contribution in [3.8, 4) is 0 Å². The van der Waals surface area contributed by atoms with Crippen LogP contribution in [0.1, 0.15) is 39.2 Å². The molecule has 1 fully saturated rings. The molecule has 0 bridgehead atoms. The lowest BCUT2D eigenvalue weighted by atomic mass is 9.96. The van der Waals surface area contributed by atoms with E-state index in [2.05, 4.69) is 4.98 Å². The van der Waals surface area contributed by atoms with Gasteiger partial charge in [-0.2, -0.15) is 0 Å². The Bertz CT molecular complexity index is 810. The molecule has 0 saturated carbocycles. The summed E-state index contributed by atoms with van der Waals surface area (Å²) in [6.45, 7) is 3.55. The van der Waals surface area contributed by atoms with E-state index in [1.807, 2.05) is 48.2 Å².